The molecule has 1 amide bonds. The highest BCUT2D eigenvalue weighted by Gasteiger charge is 2.13. The zero-order valence-corrected chi connectivity index (χ0v) is 20.0. The Hall–Kier alpha value is -3.99. The fourth-order valence-electron chi connectivity index (χ4n) is 3.45. The molecule has 0 radical (unpaired) electrons. The van der Waals surface area contributed by atoms with Crippen LogP contribution in [-0.2, 0) is 6.54 Å². The summed E-state index contributed by atoms with van der Waals surface area (Å²) in [6.07, 6.45) is 1.42. The van der Waals surface area contributed by atoms with Crippen LogP contribution in [0.1, 0.15) is 15.9 Å². The van der Waals surface area contributed by atoms with Gasteiger partial charge in [-0.05, 0) is 42.0 Å². The van der Waals surface area contributed by atoms with E-state index in [-0.39, 0.29) is 5.02 Å². The van der Waals surface area contributed by atoms with Crippen molar-refractivity contribution in [3.05, 3.63) is 82.9 Å². The number of nitrogens with one attached hydrogen (secondary N) is 3. The van der Waals surface area contributed by atoms with Crippen molar-refractivity contribution >= 4 is 39.9 Å². The quantitative estimate of drug-likeness (QED) is 0.140. The molecule has 1 aromatic heterocycles. The number of rotatable bonds is 10. The summed E-state index contributed by atoms with van der Waals surface area (Å²) in [4.78, 5) is 20.0. The zero-order chi connectivity index (χ0) is 25.5. The number of aromatic nitrogens is 2. The van der Waals surface area contributed by atoms with Crippen molar-refractivity contribution in [3.8, 4) is 11.5 Å². The number of methoxy groups -OCH3 is 1. The third-order valence-electron chi connectivity index (χ3n) is 5.29. The van der Waals surface area contributed by atoms with E-state index in [9.17, 15) is 9.18 Å². The first-order valence-corrected chi connectivity index (χ1v) is 11.3. The van der Waals surface area contributed by atoms with Crippen molar-refractivity contribution in [1.82, 2.24) is 20.8 Å². The molecule has 0 bridgehead atoms. The predicted octanol–water partition coefficient (Wildman–Crippen LogP) is 4.46. The van der Waals surface area contributed by atoms with Crippen LogP contribution in [0.4, 0.5) is 15.9 Å². The van der Waals surface area contributed by atoms with Gasteiger partial charge in [-0.3, -0.25) is 10.0 Å². The van der Waals surface area contributed by atoms with Crippen LogP contribution in [-0.4, -0.2) is 41.3 Å². The fraction of sp³-hybridized carbons (Fsp3) is 0.160. The lowest BCUT2D eigenvalue weighted by Crippen LogP contribution is -2.21. The van der Waals surface area contributed by atoms with Gasteiger partial charge in [-0.1, -0.05) is 23.7 Å². The van der Waals surface area contributed by atoms with Gasteiger partial charge in [0.25, 0.3) is 5.91 Å². The summed E-state index contributed by atoms with van der Waals surface area (Å²) in [5.41, 5.74) is 4.16. The van der Waals surface area contributed by atoms with Crippen molar-refractivity contribution in [2.24, 2.45) is 0 Å². The van der Waals surface area contributed by atoms with E-state index in [4.69, 9.17) is 26.3 Å². The van der Waals surface area contributed by atoms with Crippen LogP contribution in [0.5, 0.6) is 11.5 Å². The molecule has 0 atom stereocenters. The number of hydrogen-bond donors (Lipinski definition) is 4. The number of fused-ring (bicyclic) bond motifs is 1. The number of amides is 1. The van der Waals surface area contributed by atoms with Gasteiger partial charge < -0.3 is 20.1 Å². The van der Waals surface area contributed by atoms with Crippen molar-refractivity contribution in [2.45, 2.75) is 6.54 Å². The van der Waals surface area contributed by atoms with Gasteiger partial charge >= 0.3 is 0 Å². The highest BCUT2D eigenvalue weighted by molar-refractivity contribution is 6.31. The van der Waals surface area contributed by atoms with Crippen molar-refractivity contribution in [3.63, 3.8) is 0 Å². The first kappa shape index (κ1) is 25.1. The molecule has 0 spiro atoms. The van der Waals surface area contributed by atoms with Crippen molar-refractivity contribution in [2.75, 3.05) is 25.6 Å². The number of ether oxygens (including phenoxy) is 2. The number of hydrogen-bond acceptors (Lipinski definition) is 8. The minimum atomic E-state index is -0.558. The molecular weight excluding hydrogens is 489 g/mol. The molecule has 36 heavy (non-hydrogen) atoms. The molecule has 9 nitrogen and oxygen atoms in total. The Morgan fingerprint density at radius 3 is 2.61 bits per heavy atom. The Morgan fingerprint density at radius 2 is 1.89 bits per heavy atom. The first-order valence-electron chi connectivity index (χ1n) is 10.9. The SMILES string of the molecule is COc1cc2ncnc(Nc3ccc(F)c(Cl)c3)c2cc1OCCNCc1ccc(C(=O)NO)cc1. The Bertz CT molecular complexity index is 1370. The average Bonchev–Trinajstić information content (AvgIpc) is 2.90. The minimum Gasteiger partial charge on any atom is -0.493 e. The Labute approximate surface area is 211 Å². The van der Waals surface area contributed by atoms with Crippen LogP contribution in [0.3, 0.4) is 0 Å². The summed E-state index contributed by atoms with van der Waals surface area (Å²) in [6, 6.07) is 14.7. The standard InChI is InChI=1S/C25H23ClFN5O4/c1-35-22-12-21-18(24(30-14-29-21)31-17-6-7-20(27)19(26)10-17)11-23(22)36-9-8-28-13-15-2-4-16(5-3-15)25(33)32-34/h2-7,10-12,14,28,34H,8-9,13H2,1H3,(H,32,33)(H,29,30,31). The van der Waals surface area contributed by atoms with E-state index in [1.54, 1.807) is 55.1 Å². The molecule has 0 aliphatic heterocycles. The van der Waals surface area contributed by atoms with Gasteiger partial charge in [0, 0.05) is 35.8 Å². The number of hydroxylamine groups is 1. The molecule has 4 N–H and O–H groups in total. The maximum absolute atomic E-state index is 13.5. The second kappa shape index (κ2) is 11.6. The maximum Gasteiger partial charge on any atom is 0.274 e. The molecule has 0 saturated heterocycles. The zero-order valence-electron chi connectivity index (χ0n) is 19.2. The molecule has 0 aliphatic rings. The molecule has 4 aromatic rings. The number of carbonyl (C=O) groups excluding carboxylic acids is 1. The molecule has 0 saturated carbocycles. The Kier molecular flexibility index (Phi) is 8.11. The van der Waals surface area contributed by atoms with E-state index in [1.807, 2.05) is 0 Å². The van der Waals surface area contributed by atoms with Crippen LogP contribution in [0, 0.1) is 5.82 Å². The van der Waals surface area contributed by atoms with E-state index < -0.39 is 11.7 Å². The summed E-state index contributed by atoms with van der Waals surface area (Å²) in [6.45, 7) is 1.48. The van der Waals surface area contributed by atoms with E-state index in [0.717, 1.165) is 5.56 Å². The lowest BCUT2D eigenvalue weighted by atomic mass is 10.1. The summed E-state index contributed by atoms with van der Waals surface area (Å²) < 4.78 is 24.9. The van der Waals surface area contributed by atoms with E-state index >= 15 is 0 Å². The van der Waals surface area contributed by atoms with Gasteiger partial charge in [-0.15, -0.1) is 0 Å². The lowest BCUT2D eigenvalue weighted by molar-refractivity contribution is 0.0706. The van der Waals surface area contributed by atoms with Gasteiger partial charge in [0.15, 0.2) is 11.5 Å². The summed E-state index contributed by atoms with van der Waals surface area (Å²) in [5.74, 6) is 0.481. The van der Waals surface area contributed by atoms with Gasteiger partial charge in [-0.25, -0.2) is 19.8 Å². The fourth-order valence-corrected chi connectivity index (χ4v) is 3.63. The summed E-state index contributed by atoms with van der Waals surface area (Å²) in [7, 11) is 1.55. The third kappa shape index (κ3) is 5.98. The van der Waals surface area contributed by atoms with E-state index in [2.05, 4.69) is 20.6 Å². The number of benzene rings is 3. The Morgan fingerprint density at radius 1 is 1.08 bits per heavy atom. The van der Waals surface area contributed by atoms with Crippen LogP contribution >= 0.6 is 11.6 Å². The van der Waals surface area contributed by atoms with Crippen LogP contribution in [0.15, 0.2) is 60.9 Å². The second-order valence-electron chi connectivity index (χ2n) is 7.66. The van der Waals surface area contributed by atoms with Crippen LogP contribution in [0.25, 0.3) is 10.9 Å². The average molecular weight is 512 g/mol. The smallest absolute Gasteiger partial charge is 0.274 e. The maximum atomic E-state index is 13.5. The molecule has 0 aliphatic carbocycles. The molecule has 0 unspecified atom stereocenters. The van der Waals surface area contributed by atoms with Gasteiger partial charge in [0.2, 0.25) is 0 Å². The van der Waals surface area contributed by atoms with Gasteiger partial charge in [-0.2, -0.15) is 0 Å². The van der Waals surface area contributed by atoms with Gasteiger partial charge in [0.1, 0.15) is 24.6 Å². The largest absolute Gasteiger partial charge is 0.493 e. The lowest BCUT2D eigenvalue weighted by Gasteiger charge is -2.14. The predicted molar refractivity (Wildman–Crippen MR) is 134 cm³/mol. The van der Waals surface area contributed by atoms with Crippen molar-refractivity contribution < 1.29 is 23.9 Å². The monoisotopic (exact) mass is 511 g/mol. The van der Waals surface area contributed by atoms with Crippen LogP contribution in [0.2, 0.25) is 5.02 Å². The highest BCUT2D eigenvalue weighted by Crippen LogP contribution is 2.35. The van der Waals surface area contributed by atoms with Gasteiger partial charge in [0.05, 0.1) is 17.6 Å². The topological polar surface area (TPSA) is 118 Å². The first-order chi connectivity index (χ1) is 17.5. The normalized spacial score (nSPS) is 10.8. The molecule has 186 valence electrons. The Balaban J connectivity index is 1.41. The highest BCUT2D eigenvalue weighted by atomic mass is 35.5. The number of carbonyl (C=O) groups is 1. The summed E-state index contributed by atoms with van der Waals surface area (Å²) >= 11 is 5.90. The van der Waals surface area contributed by atoms with Crippen LogP contribution < -0.4 is 25.6 Å². The van der Waals surface area contributed by atoms with E-state index in [1.165, 1.54) is 18.5 Å². The second-order valence-corrected chi connectivity index (χ2v) is 8.07. The molecular formula is C25H23ClFN5O4. The third-order valence-corrected chi connectivity index (χ3v) is 5.58. The minimum absolute atomic E-state index is 0.00292. The molecule has 0 fully saturated rings. The molecule has 1 heterocycles. The number of halogens is 2. The summed E-state index contributed by atoms with van der Waals surface area (Å²) in [5, 5.41) is 15.8. The van der Waals surface area contributed by atoms with E-state index in [0.29, 0.717) is 59.2 Å². The van der Waals surface area contributed by atoms with Crippen molar-refractivity contribution in [1.29, 1.82) is 0 Å². The molecule has 3 aromatic carbocycles. The number of nitrogens with zero attached hydrogens (tertiary/aromatic N) is 2. The molecule has 4 rings (SSSR count). The number of anilines is 2. The molecule has 11 heteroatoms.